The highest BCUT2D eigenvalue weighted by Gasteiger charge is 2.16. The Hall–Kier alpha value is -2.62. The van der Waals surface area contributed by atoms with Gasteiger partial charge in [0.1, 0.15) is 0 Å². The normalized spacial score (nSPS) is 12.8. The van der Waals surface area contributed by atoms with E-state index < -0.39 is 0 Å². The number of carbonyl (C=O) groups excluding carboxylic acids is 2. The molecule has 2 aromatic carbocycles. The molecule has 0 saturated heterocycles. The minimum atomic E-state index is 0.0889. The van der Waals surface area contributed by atoms with Crippen LogP contribution in [0.25, 0.3) is 0 Å². The van der Waals surface area contributed by atoms with Crippen molar-refractivity contribution in [3.63, 3.8) is 0 Å². The molecule has 0 aliphatic heterocycles. The van der Waals surface area contributed by atoms with Crippen LogP contribution in [0.3, 0.4) is 0 Å². The van der Waals surface area contributed by atoms with Crippen molar-refractivity contribution < 1.29 is 9.59 Å². The highest BCUT2D eigenvalue weighted by molar-refractivity contribution is 5.76. The van der Waals surface area contributed by atoms with Gasteiger partial charge in [0.15, 0.2) is 0 Å². The van der Waals surface area contributed by atoms with Crippen LogP contribution >= 0.6 is 0 Å². The molecule has 0 heterocycles. The van der Waals surface area contributed by atoms with Crippen LogP contribution in [0, 0.1) is 0 Å². The van der Waals surface area contributed by atoms with Gasteiger partial charge >= 0.3 is 0 Å². The van der Waals surface area contributed by atoms with Crippen LogP contribution in [-0.4, -0.2) is 23.9 Å². The molecule has 0 fully saturated rings. The Morgan fingerprint density at radius 2 is 1.07 bits per heavy atom. The van der Waals surface area contributed by atoms with Crippen molar-refractivity contribution in [2.45, 2.75) is 70.9 Å². The van der Waals surface area contributed by atoms with Crippen LogP contribution in [0.5, 0.6) is 0 Å². The van der Waals surface area contributed by atoms with Gasteiger partial charge in [0.2, 0.25) is 11.8 Å². The molecular formula is C25H34N2O2. The fourth-order valence-electron chi connectivity index (χ4n) is 3.52. The molecule has 156 valence electrons. The van der Waals surface area contributed by atoms with E-state index in [2.05, 4.69) is 34.9 Å². The van der Waals surface area contributed by atoms with E-state index in [0.717, 1.165) is 32.1 Å². The summed E-state index contributed by atoms with van der Waals surface area (Å²) >= 11 is 0. The highest BCUT2D eigenvalue weighted by Crippen LogP contribution is 2.14. The first kappa shape index (κ1) is 22.7. The maximum Gasteiger partial charge on any atom is 0.219 e. The average Bonchev–Trinajstić information content (AvgIpc) is 2.74. The number of hydrogen-bond donors (Lipinski definition) is 2. The van der Waals surface area contributed by atoms with Gasteiger partial charge < -0.3 is 10.6 Å². The minimum absolute atomic E-state index is 0.0889. The summed E-state index contributed by atoms with van der Waals surface area (Å²) in [4.78, 5) is 23.9. The smallest absolute Gasteiger partial charge is 0.219 e. The molecule has 0 saturated carbocycles. The van der Waals surface area contributed by atoms with Gasteiger partial charge in [0.05, 0.1) is 0 Å². The summed E-state index contributed by atoms with van der Waals surface area (Å²) in [6, 6.07) is 20.8. The molecule has 0 radical (unpaired) electrons. The van der Waals surface area contributed by atoms with Crippen LogP contribution in [0.15, 0.2) is 60.7 Å². The van der Waals surface area contributed by atoms with Crippen molar-refractivity contribution in [2.75, 3.05) is 0 Å². The third-order valence-corrected chi connectivity index (χ3v) is 5.13. The third kappa shape index (κ3) is 8.95. The lowest BCUT2D eigenvalue weighted by molar-refractivity contribution is -0.122. The molecule has 0 bridgehead atoms. The van der Waals surface area contributed by atoms with Crippen LogP contribution in [0.1, 0.15) is 57.1 Å². The van der Waals surface area contributed by atoms with Crippen molar-refractivity contribution in [1.82, 2.24) is 10.6 Å². The van der Waals surface area contributed by atoms with Crippen molar-refractivity contribution in [1.29, 1.82) is 0 Å². The van der Waals surface area contributed by atoms with Gasteiger partial charge in [0, 0.05) is 24.9 Å². The van der Waals surface area contributed by atoms with E-state index in [1.54, 1.807) is 0 Å². The molecule has 0 aromatic heterocycles. The largest absolute Gasteiger partial charge is 0.353 e. The Balaban J connectivity index is 1.94. The molecule has 2 aromatic rings. The first-order valence-electron chi connectivity index (χ1n) is 10.8. The zero-order valence-corrected chi connectivity index (χ0v) is 17.7. The van der Waals surface area contributed by atoms with Gasteiger partial charge in [-0.05, 0) is 43.2 Å². The Kier molecular flexibility index (Phi) is 9.98. The fraction of sp³-hybridized carbons (Fsp3) is 0.440. The van der Waals surface area contributed by atoms with Gasteiger partial charge in [-0.25, -0.2) is 0 Å². The number of carbonyl (C=O) groups is 2. The predicted molar refractivity (Wildman–Crippen MR) is 119 cm³/mol. The number of amides is 2. The van der Waals surface area contributed by atoms with E-state index in [-0.39, 0.29) is 23.9 Å². The zero-order valence-electron chi connectivity index (χ0n) is 17.7. The second-order valence-electron chi connectivity index (χ2n) is 7.55. The van der Waals surface area contributed by atoms with E-state index >= 15 is 0 Å². The predicted octanol–water partition coefficient (Wildman–Crippen LogP) is 4.43. The average molecular weight is 395 g/mol. The van der Waals surface area contributed by atoms with Crippen molar-refractivity contribution in [3.05, 3.63) is 71.8 Å². The maximum atomic E-state index is 12.0. The molecule has 0 aliphatic carbocycles. The molecule has 0 unspecified atom stereocenters. The number of hydrogen-bond acceptors (Lipinski definition) is 2. The Morgan fingerprint density at radius 1 is 0.690 bits per heavy atom. The van der Waals surface area contributed by atoms with E-state index in [9.17, 15) is 9.59 Å². The lowest BCUT2D eigenvalue weighted by Gasteiger charge is -2.22. The van der Waals surface area contributed by atoms with Crippen molar-refractivity contribution in [2.24, 2.45) is 0 Å². The molecule has 0 aliphatic rings. The van der Waals surface area contributed by atoms with Gasteiger partial charge in [-0.1, -0.05) is 74.5 Å². The zero-order chi connectivity index (χ0) is 20.9. The van der Waals surface area contributed by atoms with Gasteiger partial charge in [-0.15, -0.1) is 0 Å². The highest BCUT2D eigenvalue weighted by atomic mass is 16.2. The number of rotatable bonds is 12. The molecule has 4 heteroatoms. The molecule has 2 atom stereocenters. The maximum absolute atomic E-state index is 12.0. The van der Waals surface area contributed by atoms with Crippen LogP contribution in [0.4, 0.5) is 0 Å². The lowest BCUT2D eigenvalue weighted by atomic mass is 9.96. The fourth-order valence-corrected chi connectivity index (χ4v) is 3.52. The topological polar surface area (TPSA) is 58.2 Å². The molecule has 29 heavy (non-hydrogen) atoms. The summed E-state index contributed by atoms with van der Waals surface area (Å²) in [6.45, 7) is 3.76. The minimum Gasteiger partial charge on any atom is -0.353 e. The van der Waals surface area contributed by atoms with Gasteiger partial charge in [-0.3, -0.25) is 9.59 Å². The van der Waals surface area contributed by atoms with Crippen molar-refractivity contribution >= 4 is 11.8 Å². The summed E-state index contributed by atoms with van der Waals surface area (Å²) in [5.41, 5.74) is 2.46. The standard InChI is InChI=1S/C25H34N2O2/c1-3-24(28)26-22(18-20-12-7-5-8-13-20)16-11-17-23(27-25(29)4-2)19-21-14-9-6-10-15-21/h5-10,12-15,22-23H,3-4,11,16-19H2,1-2H3,(H,26,28)(H,27,29)/t22-,23-/m0/s1. The molecule has 2 amide bonds. The molecular weight excluding hydrogens is 360 g/mol. The Labute approximate surface area is 175 Å². The first-order chi connectivity index (χ1) is 14.1. The second-order valence-corrected chi connectivity index (χ2v) is 7.55. The van der Waals surface area contributed by atoms with Gasteiger partial charge in [-0.2, -0.15) is 0 Å². The van der Waals surface area contributed by atoms with Gasteiger partial charge in [0.25, 0.3) is 0 Å². The van der Waals surface area contributed by atoms with Crippen LogP contribution in [0.2, 0.25) is 0 Å². The summed E-state index contributed by atoms with van der Waals surface area (Å²) in [6.07, 6.45) is 5.39. The number of benzene rings is 2. The van der Waals surface area contributed by atoms with Crippen molar-refractivity contribution in [3.8, 4) is 0 Å². The summed E-state index contributed by atoms with van der Waals surface area (Å²) < 4.78 is 0. The lowest BCUT2D eigenvalue weighted by Crippen LogP contribution is -2.38. The molecule has 2 rings (SSSR count). The summed E-state index contributed by atoms with van der Waals surface area (Å²) in [7, 11) is 0. The SMILES string of the molecule is CCC(=O)N[C@@H](CCC[C@@H](Cc1ccccc1)NC(=O)CC)Cc1ccccc1. The second kappa shape index (κ2) is 12.8. The number of nitrogens with one attached hydrogen (secondary N) is 2. The summed E-state index contributed by atoms with van der Waals surface area (Å²) in [5, 5.41) is 6.33. The first-order valence-corrected chi connectivity index (χ1v) is 10.8. The van der Waals surface area contributed by atoms with E-state index in [1.165, 1.54) is 11.1 Å². The van der Waals surface area contributed by atoms with E-state index in [0.29, 0.717) is 12.8 Å². The summed E-state index contributed by atoms with van der Waals surface area (Å²) in [5.74, 6) is 0.178. The van der Waals surface area contributed by atoms with E-state index in [4.69, 9.17) is 0 Å². The monoisotopic (exact) mass is 394 g/mol. The van der Waals surface area contributed by atoms with Crippen LogP contribution < -0.4 is 10.6 Å². The molecule has 0 spiro atoms. The molecule has 2 N–H and O–H groups in total. The Morgan fingerprint density at radius 3 is 1.41 bits per heavy atom. The quantitative estimate of drug-likeness (QED) is 0.559. The Bertz CT molecular complexity index is 668. The van der Waals surface area contributed by atoms with E-state index in [1.807, 2.05) is 50.2 Å². The van der Waals surface area contributed by atoms with Crippen LogP contribution in [-0.2, 0) is 22.4 Å². The molecule has 4 nitrogen and oxygen atoms in total. The third-order valence-electron chi connectivity index (χ3n) is 5.13.